The van der Waals surface area contributed by atoms with Crippen LogP contribution in [0.25, 0.3) is 0 Å². The fourth-order valence-electron chi connectivity index (χ4n) is 12.4. The number of amides is 4. The summed E-state index contributed by atoms with van der Waals surface area (Å²) in [7, 11) is 4.50. The second-order valence-electron chi connectivity index (χ2n) is 22.8. The minimum absolute atomic E-state index is 0.0313. The van der Waals surface area contributed by atoms with Gasteiger partial charge in [0.25, 0.3) is 5.91 Å². The highest BCUT2D eigenvalue weighted by molar-refractivity contribution is 6.31. The van der Waals surface area contributed by atoms with Gasteiger partial charge >= 0.3 is 0 Å². The maximum absolute atomic E-state index is 14.3. The van der Waals surface area contributed by atoms with Crippen LogP contribution in [0, 0.1) is 11.8 Å². The fraction of sp³-hybridized carbons (Fsp3) is 0.667. The van der Waals surface area contributed by atoms with Crippen molar-refractivity contribution in [3.8, 4) is 17.2 Å². The Bertz CT molecular complexity index is 2810. The molecule has 480 valence electrons. The lowest BCUT2D eigenvalue weighted by atomic mass is 9.72. The van der Waals surface area contributed by atoms with E-state index in [-0.39, 0.29) is 110 Å². The third-order valence-corrected chi connectivity index (χ3v) is 17.0. The Hall–Kier alpha value is -6.08. The molecule has 0 radical (unpaired) electrons. The lowest BCUT2D eigenvalue weighted by Crippen LogP contribution is -2.55. The number of ketones is 4. The number of piperidine rings is 1. The van der Waals surface area contributed by atoms with E-state index in [1.165, 1.54) is 39.3 Å². The molecule has 0 unspecified atom stereocenters. The van der Waals surface area contributed by atoms with Crippen molar-refractivity contribution in [3.63, 3.8) is 0 Å². The number of benzene rings is 2. The smallest absolute Gasteiger partial charge is 0.252 e. The SMILES string of the molecule is CNC(=O)C1CCN(CCOCCOCCOCCOCCC(=O)C[C@@H](CC(N)=O)C(=O)N[C@@H](C)C(=O)CCCNC(=O)[C@]2(O)Cc3c(O)c4c(c(O)c3[C@@H](O[C@H]3C[C@H]5[C@H](O[C@@H]6[C@@H](OC)OCCN65)[C@H](C)O3)C2)C(=O)c2c(OC)cccc2C4=O)CC1. The quantitative estimate of drug-likeness (QED) is 0.0330. The Morgan fingerprint density at radius 1 is 0.851 bits per heavy atom. The highest BCUT2D eigenvalue weighted by Crippen LogP contribution is 2.53. The number of nitrogens with two attached hydrogens (primary N) is 1. The van der Waals surface area contributed by atoms with Gasteiger partial charge in [-0.2, -0.15) is 0 Å². The maximum atomic E-state index is 14.3. The zero-order valence-electron chi connectivity index (χ0n) is 50.1. The van der Waals surface area contributed by atoms with E-state index in [1.54, 1.807) is 14.0 Å². The van der Waals surface area contributed by atoms with Crippen LogP contribution in [0.4, 0.5) is 0 Å². The molecule has 2 aromatic rings. The van der Waals surface area contributed by atoms with Crippen molar-refractivity contribution in [2.75, 3.05) is 113 Å². The molecule has 4 heterocycles. The van der Waals surface area contributed by atoms with Crippen LogP contribution in [0.1, 0.15) is 121 Å². The number of phenolic OH excluding ortho intramolecular Hbond substituents is 2. The normalized spacial score (nSPS) is 25.2. The number of hydrogen-bond donors (Lipinski definition) is 7. The van der Waals surface area contributed by atoms with Crippen molar-refractivity contribution in [3.05, 3.63) is 51.6 Å². The van der Waals surface area contributed by atoms with E-state index in [0.717, 1.165) is 32.5 Å². The van der Waals surface area contributed by atoms with Gasteiger partial charge in [0.15, 0.2) is 30.4 Å². The number of Topliss-reactive ketones (excluding diaryl/α,β-unsaturated/α-hetero) is 2. The Balaban J connectivity index is 0.788. The lowest BCUT2D eigenvalue weighted by molar-refractivity contribution is -0.256. The minimum Gasteiger partial charge on any atom is -0.507 e. The standard InChI is InChI=1S/C60H84N6O21/c1-33(64-56(75)36(29-44(61)69)28-37(67)13-19-80-22-24-82-26-27-83-25-23-81-20-17-65-15-11-35(12-16-65)55(74)62-3)41(68)9-7-14-63-59(76)60(77)31-39-47(53(73)49-48(51(39)71)50(70)38-8-6-10-42(78-4)46(38)52(49)72)43(32-60)86-45-30-40-54(34(2)85-45)87-57-58(79-5)84-21-18-66(40)57/h6,8,10,33-36,40,43,45,54,57-58,71,73,77H,7,9,11-32H2,1-5H3,(H2,61,69)(H,62,74)(H,63,76)(H,64,75)/t33-,34-,36-,40-,43-,45-,54+,57+,58-,60-/m0/s1. The zero-order chi connectivity index (χ0) is 62.5. The summed E-state index contributed by atoms with van der Waals surface area (Å²) in [6, 6.07) is 3.03. The number of morpholine rings is 1. The van der Waals surface area contributed by atoms with Crippen LogP contribution in [-0.4, -0.2) is 234 Å². The number of hydrogen-bond acceptors (Lipinski definition) is 23. The molecule has 0 bridgehead atoms. The van der Waals surface area contributed by atoms with E-state index in [2.05, 4.69) is 25.8 Å². The van der Waals surface area contributed by atoms with Gasteiger partial charge in [-0.05, 0) is 52.3 Å². The number of ether oxygens (including phenoxy) is 10. The van der Waals surface area contributed by atoms with Crippen LogP contribution >= 0.6 is 0 Å². The van der Waals surface area contributed by atoms with E-state index in [0.29, 0.717) is 46.2 Å². The van der Waals surface area contributed by atoms with Crippen molar-refractivity contribution in [2.45, 2.75) is 133 Å². The number of rotatable bonds is 32. The first-order valence-electron chi connectivity index (χ1n) is 29.9. The lowest BCUT2D eigenvalue weighted by Gasteiger charge is -2.43. The number of nitrogens with one attached hydrogen (secondary N) is 3. The van der Waals surface area contributed by atoms with Gasteiger partial charge in [-0.15, -0.1) is 0 Å². The molecule has 87 heavy (non-hydrogen) atoms. The monoisotopic (exact) mass is 1220 g/mol. The van der Waals surface area contributed by atoms with Crippen molar-refractivity contribution in [1.29, 1.82) is 0 Å². The third kappa shape index (κ3) is 16.0. The van der Waals surface area contributed by atoms with Crippen molar-refractivity contribution in [2.24, 2.45) is 17.6 Å². The number of likely N-dealkylation sites (tertiary alicyclic amines) is 1. The average Bonchev–Trinajstić information content (AvgIpc) is 1.19. The van der Waals surface area contributed by atoms with Gasteiger partial charge in [0.1, 0.15) is 34.7 Å². The zero-order valence-corrected chi connectivity index (χ0v) is 50.1. The Labute approximate surface area is 504 Å². The topological polar surface area (TPSA) is 358 Å². The number of carbonyl (C=O) groups excluding carboxylic acids is 8. The molecular weight excluding hydrogens is 1140 g/mol. The fourth-order valence-corrected chi connectivity index (χ4v) is 12.4. The van der Waals surface area contributed by atoms with Gasteiger partial charge in [-0.3, -0.25) is 43.3 Å². The molecule has 4 aliphatic heterocycles. The number of fused-ring (bicyclic) bond motifs is 6. The van der Waals surface area contributed by atoms with Gasteiger partial charge in [0, 0.05) is 107 Å². The number of methoxy groups -OCH3 is 2. The molecule has 4 saturated heterocycles. The predicted octanol–water partition coefficient (Wildman–Crippen LogP) is 0.485. The number of nitrogens with zero attached hydrogens (tertiary/aromatic N) is 2. The number of phenols is 2. The van der Waals surface area contributed by atoms with Gasteiger partial charge in [0.05, 0.1) is 107 Å². The van der Waals surface area contributed by atoms with Crippen molar-refractivity contribution < 1.29 is 101 Å². The summed E-state index contributed by atoms with van der Waals surface area (Å²) in [4.78, 5) is 111. The number of carbonyl (C=O) groups is 8. The summed E-state index contributed by atoms with van der Waals surface area (Å²) < 4.78 is 58.3. The molecule has 0 spiro atoms. The highest BCUT2D eigenvalue weighted by atomic mass is 16.7. The van der Waals surface area contributed by atoms with Crippen LogP contribution in [0.3, 0.4) is 0 Å². The molecule has 8 N–H and O–H groups in total. The second-order valence-corrected chi connectivity index (χ2v) is 22.8. The van der Waals surface area contributed by atoms with E-state index in [4.69, 9.17) is 53.1 Å². The summed E-state index contributed by atoms with van der Waals surface area (Å²) in [5.74, 6) is -7.23. The summed E-state index contributed by atoms with van der Waals surface area (Å²) in [5, 5.41) is 44.5. The van der Waals surface area contributed by atoms with Crippen molar-refractivity contribution >= 4 is 46.8 Å². The molecule has 2 aromatic carbocycles. The minimum atomic E-state index is -2.37. The predicted molar refractivity (Wildman–Crippen MR) is 304 cm³/mol. The highest BCUT2D eigenvalue weighted by Gasteiger charge is 2.55. The Morgan fingerprint density at radius 3 is 2.20 bits per heavy atom. The summed E-state index contributed by atoms with van der Waals surface area (Å²) >= 11 is 0. The number of aromatic hydroxyl groups is 2. The summed E-state index contributed by atoms with van der Waals surface area (Å²) in [6.07, 6.45) is -4.87. The molecule has 27 heteroatoms. The molecule has 0 aromatic heterocycles. The first-order chi connectivity index (χ1) is 41.8. The van der Waals surface area contributed by atoms with E-state index >= 15 is 0 Å². The van der Waals surface area contributed by atoms with Crippen molar-refractivity contribution in [1.82, 2.24) is 25.8 Å². The maximum Gasteiger partial charge on any atom is 0.252 e. The molecule has 27 nitrogen and oxygen atoms in total. The molecule has 0 saturated carbocycles. The van der Waals surface area contributed by atoms with E-state index in [1.807, 2.05) is 0 Å². The Morgan fingerprint density at radius 2 is 1.53 bits per heavy atom. The van der Waals surface area contributed by atoms with Crippen LogP contribution in [0.5, 0.6) is 17.2 Å². The van der Waals surface area contributed by atoms with Gasteiger partial charge in [0.2, 0.25) is 23.5 Å². The van der Waals surface area contributed by atoms with Gasteiger partial charge in [-0.25, -0.2) is 0 Å². The van der Waals surface area contributed by atoms with Crippen LogP contribution in [-0.2, 0) is 77.8 Å². The van der Waals surface area contributed by atoms with Gasteiger partial charge in [-0.1, -0.05) is 12.1 Å². The molecule has 6 aliphatic rings. The van der Waals surface area contributed by atoms with Crippen LogP contribution < -0.4 is 26.4 Å². The largest absolute Gasteiger partial charge is 0.507 e. The van der Waals surface area contributed by atoms with E-state index in [9.17, 15) is 53.7 Å². The molecule has 4 amide bonds. The average molecular weight is 1230 g/mol. The summed E-state index contributed by atoms with van der Waals surface area (Å²) in [6.45, 7) is 9.12. The number of primary amides is 1. The molecule has 2 aliphatic carbocycles. The van der Waals surface area contributed by atoms with Gasteiger partial charge < -0.3 is 89.3 Å². The molecule has 10 atom stereocenters. The Kier molecular flexibility index (Phi) is 23.7. The summed E-state index contributed by atoms with van der Waals surface area (Å²) in [5.41, 5.74) is 1.50. The van der Waals surface area contributed by atoms with Crippen LogP contribution in [0.2, 0.25) is 0 Å². The van der Waals surface area contributed by atoms with Crippen LogP contribution in [0.15, 0.2) is 18.2 Å². The first kappa shape index (κ1) is 66.9. The molecule has 4 fully saturated rings. The number of aliphatic hydroxyl groups is 1. The first-order valence-corrected chi connectivity index (χ1v) is 29.9. The molecular formula is C60H84N6O21. The molecule has 8 rings (SSSR count). The second kappa shape index (κ2) is 30.9. The third-order valence-electron chi connectivity index (χ3n) is 17.0. The van der Waals surface area contributed by atoms with E-state index < -0.39 is 132 Å².